The molecule has 0 N–H and O–H groups in total. The van der Waals surface area contributed by atoms with Gasteiger partial charge in [0.15, 0.2) is 5.82 Å². The number of anilines is 1. The minimum absolute atomic E-state index is 0.125. The van der Waals surface area contributed by atoms with Crippen LogP contribution in [0.25, 0.3) is 5.78 Å². The van der Waals surface area contributed by atoms with Crippen molar-refractivity contribution in [2.75, 3.05) is 4.90 Å². The van der Waals surface area contributed by atoms with Gasteiger partial charge in [0.25, 0.3) is 11.7 Å². The minimum atomic E-state index is -0.399. The summed E-state index contributed by atoms with van der Waals surface area (Å²) in [5.74, 6) is 0.154. The quantitative estimate of drug-likeness (QED) is 0.501. The Morgan fingerprint density at radius 3 is 2.45 bits per heavy atom. The van der Waals surface area contributed by atoms with Crippen LogP contribution in [0, 0.1) is 19.7 Å². The zero-order valence-electron chi connectivity index (χ0n) is 15.8. The number of rotatable bonds is 4. The van der Waals surface area contributed by atoms with Crippen molar-refractivity contribution in [1.29, 1.82) is 0 Å². The SMILES string of the molecule is Cc1nc2nc(CN(C(=O)c3ccc(F)cc3)c3ccccc3)nn2c(C)c1Cl. The number of hydrogen-bond acceptors (Lipinski definition) is 4. The lowest BCUT2D eigenvalue weighted by atomic mass is 10.1. The Bertz CT molecular complexity index is 1190. The second-order valence-corrected chi connectivity index (χ2v) is 6.95. The number of para-hydroxylation sites is 1. The van der Waals surface area contributed by atoms with E-state index >= 15 is 0 Å². The van der Waals surface area contributed by atoms with Crippen LogP contribution in [0.4, 0.5) is 10.1 Å². The van der Waals surface area contributed by atoms with Crippen LogP contribution in [-0.2, 0) is 6.54 Å². The van der Waals surface area contributed by atoms with Gasteiger partial charge in [-0.15, -0.1) is 5.10 Å². The number of amides is 1. The number of fused-ring (bicyclic) bond motifs is 1. The molecule has 0 atom stereocenters. The molecule has 4 rings (SSSR count). The van der Waals surface area contributed by atoms with Crippen molar-refractivity contribution in [2.45, 2.75) is 20.4 Å². The van der Waals surface area contributed by atoms with Gasteiger partial charge in [-0.05, 0) is 50.2 Å². The van der Waals surface area contributed by atoms with Crippen molar-refractivity contribution >= 4 is 29.0 Å². The highest BCUT2D eigenvalue weighted by molar-refractivity contribution is 6.31. The van der Waals surface area contributed by atoms with Gasteiger partial charge in [0.05, 0.1) is 23.0 Å². The van der Waals surface area contributed by atoms with E-state index < -0.39 is 5.82 Å². The summed E-state index contributed by atoms with van der Waals surface area (Å²) in [4.78, 5) is 23.5. The molecule has 8 heteroatoms. The molecule has 0 fully saturated rings. The Morgan fingerprint density at radius 1 is 1.07 bits per heavy atom. The third-order valence-corrected chi connectivity index (χ3v) is 5.11. The van der Waals surface area contributed by atoms with Crippen LogP contribution in [0.2, 0.25) is 5.02 Å². The van der Waals surface area contributed by atoms with E-state index in [1.54, 1.807) is 16.3 Å². The maximum Gasteiger partial charge on any atom is 0.258 e. The summed E-state index contributed by atoms with van der Waals surface area (Å²) >= 11 is 6.26. The van der Waals surface area contributed by atoms with Crippen LogP contribution in [0.1, 0.15) is 27.6 Å². The van der Waals surface area contributed by atoms with Crippen LogP contribution in [0.5, 0.6) is 0 Å². The molecule has 6 nitrogen and oxygen atoms in total. The summed E-state index contributed by atoms with van der Waals surface area (Å²) in [7, 11) is 0. The van der Waals surface area contributed by atoms with Gasteiger partial charge in [-0.25, -0.2) is 9.37 Å². The van der Waals surface area contributed by atoms with Crippen molar-refractivity contribution < 1.29 is 9.18 Å². The maximum absolute atomic E-state index is 13.3. The molecular formula is C21H17ClFN5O. The molecule has 4 aromatic rings. The lowest BCUT2D eigenvalue weighted by Crippen LogP contribution is -2.31. The minimum Gasteiger partial charge on any atom is -0.301 e. The van der Waals surface area contributed by atoms with E-state index in [4.69, 9.17) is 11.6 Å². The van der Waals surface area contributed by atoms with E-state index in [9.17, 15) is 9.18 Å². The van der Waals surface area contributed by atoms with Crippen molar-refractivity contribution in [1.82, 2.24) is 19.6 Å². The lowest BCUT2D eigenvalue weighted by Gasteiger charge is -2.21. The van der Waals surface area contributed by atoms with Gasteiger partial charge in [-0.1, -0.05) is 29.8 Å². The Kier molecular flexibility index (Phi) is 4.98. The molecular weight excluding hydrogens is 393 g/mol. The topological polar surface area (TPSA) is 63.4 Å². The van der Waals surface area contributed by atoms with E-state index in [0.717, 1.165) is 5.69 Å². The number of halogens is 2. The summed E-state index contributed by atoms with van der Waals surface area (Å²) < 4.78 is 14.8. The zero-order valence-corrected chi connectivity index (χ0v) is 16.6. The van der Waals surface area contributed by atoms with Crippen LogP contribution in [0.15, 0.2) is 54.6 Å². The average molecular weight is 410 g/mol. The van der Waals surface area contributed by atoms with E-state index in [1.165, 1.54) is 24.3 Å². The second-order valence-electron chi connectivity index (χ2n) is 6.57. The molecule has 0 aliphatic rings. The largest absolute Gasteiger partial charge is 0.301 e. The fourth-order valence-electron chi connectivity index (χ4n) is 3.04. The average Bonchev–Trinajstić information content (AvgIpc) is 3.13. The first kappa shape index (κ1) is 19.0. The normalized spacial score (nSPS) is 11.0. The molecule has 29 heavy (non-hydrogen) atoms. The summed E-state index contributed by atoms with van der Waals surface area (Å²) in [6.45, 7) is 3.76. The number of carbonyl (C=O) groups is 1. The predicted molar refractivity (Wildman–Crippen MR) is 109 cm³/mol. The van der Waals surface area contributed by atoms with Crippen LogP contribution >= 0.6 is 11.6 Å². The second kappa shape index (κ2) is 7.60. The Balaban J connectivity index is 1.74. The molecule has 2 aromatic carbocycles. The van der Waals surface area contributed by atoms with E-state index in [0.29, 0.717) is 33.6 Å². The highest BCUT2D eigenvalue weighted by Crippen LogP contribution is 2.22. The van der Waals surface area contributed by atoms with E-state index in [1.807, 2.05) is 37.3 Å². The van der Waals surface area contributed by atoms with Gasteiger partial charge in [0.2, 0.25) is 0 Å². The van der Waals surface area contributed by atoms with Gasteiger partial charge in [0, 0.05) is 11.3 Å². The van der Waals surface area contributed by atoms with Gasteiger partial charge in [-0.3, -0.25) is 4.79 Å². The molecule has 0 aliphatic carbocycles. The predicted octanol–water partition coefficient (Wildman–Crippen LogP) is 4.38. The molecule has 0 saturated carbocycles. The van der Waals surface area contributed by atoms with E-state index in [2.05, 4.69) is 15.1 Å². The number of aromatic nitrogens is 4. The van der Waals surface area contributed by atoms with Crippen LogP contribution in [-0.4, -0.2) is 25.5 Å². The van der Waals surface area contributed by atoms with Crippen molar-refractivity contribution in [2.24, 2.45) is 0 Å². The Morgan fingerprint density at radius 2 is 1.76 bits per heavy atom. The first-order valence-electron chi connectivity index (χ1n) is 8.95. The van der Waals surface area contributed by atoms with Crippen LogP contribution < -0.4 is 4.90 Å². The highest BCUT2D eigenvalue weighted by atomic mass is 35.5. The molecule has 0 aliphatic heterocycles. The number of carbonyl (C=O) groups excluding carboxylic acids is 1. The van der Waals surface area contributed by atoms with Gasteiger partial charge >= 0.3 is 0 Å². The highest BCUT2D eigenvalue weighted by Gasteiger charge is 2.21. The standard InChI is InChI=1S/C21H17ClFN5O/c1-13-19(22)14(2)28-21(24-13)25-18(26-28)12-27(17-6-4-3-5-7-17)20(29)15-8-10-16(23)11-9-15/h3-11H,12H2,1-2H3. The summed E-state index contributed by atoms with van der Waals surface area (Å²) in [5.41, 5.74) is 2.44. The molecule has 0 spiro atoms. The fraction of sp³-hybridized carbons (Fsp3) is 0.143. The monoisotopic (exact) mass is 409 g/mol. The number of benzene rings is 2. The number of hydrogen-bond donors (Lipinski definition) is 0. The molecule has 0 bridgehead atoms. The van der Waals surface area contributed by atoms with Gasteiger partial charge < -0.3 is 4.90 Å². The summed E-state index contributed by atoms with van der Waals surface area (Å²) in [6.07, 6.45) is 0. The number of aryl methyl sites for hydroxylation is 2. The van der Waals surface area contributed by atoms with E-state index in [-0.39, 0.29) is 12.5 Å². The summed E-state index contributed by atoms with van der Waals surface area (Å²) in [6, 6.07) is 14.6. The maximum atomic E-state index is 13.3. The lowest BCUT2D eigenvalue weighted by molar-refractivity contribution is 0.0984. The molecule has 2 heterocycles. The van der Waals surface area contributed by atoms with Crippen molar-refractivity contribution in [3.63, 3.8) is 0 Å². The summed E-state index contributed by atoms with van der Waals surface area (Å²) in [5, 5.41) is 5.00. The smallest absolute Gasteiger partial charge is 0.258 e. The third-order valence-electron chi connectivity index (χ3n) is 4.56. The van der Waals surface area contributed by atoms with Crippen molar-refractivity contribution in [3.05, 3.63) is 88.2 Å². The molecule has 0 saturated heterocycles. The Hall–Kier alpha value is -3.32. The molecule has 0 unspecified atom stereocenters. The van der Waals surface area contributed by atoms with Gasteiger partial charge in [-0.2, -0.15) is 9.50 Å². The first-order valence-corrected chi connectivity index (χ1v) is 9.32. The molecule has 146 valence electrons. The molecule has 0 radical (unpaired) electrons. The van der Waals surface area contributed by atoms with Gasteiger partial charge in [0.1, 0.15) is 5.82 Å². The Labute approximate surface area is 171 Å². The number of nitrogens with zero attached hydrogens (tertiary/aromatic N) is 5. The first-order chi connectivity index (χ1) is 13.9. The third kappa shape index (κ3) is 3.69. The molecule has 1 amide bonds. The van der Waals surface area contributed by atoms with Crippen LogP contribution in [0.3, 0.4) is 0 Å². The van der Waals surface area contributed by atoms with Crippen molar-refractivity contribution in [3.8, 4) is 0 Å². The fourth-order valence-corrected chi connectivity index (χ4v) is 3.16. The zero-order chi connectivity index (χ0) is 20.5. The molecule has 2 aromatic heterocycles.